The van der Waals surface area contributed by atoms with E-state index in [0.717, 1.165) is 27.6 Å². The third kappa shape index (κ3) is 3.48. The number of aliphatic hydroxyl groups is 1. The zero-order chi connectivity index (χ0) is 19.4. The van der Waals surface area contributed by atoms with Gasteiger partial charge in [0.05, 0.1) is 34.1 Å². The highest BCUT2D eigenvalue weighted by Gasteiger charge is 2.15. The van der Waals surface area contributed by atoms with Gasteiger partial charge in [-0.25, -0.2) is 0 Å². The van der Waals surface area contributed by atoms with Crippen molar-refractivity contribution in [2.45, 2.75) is 6.42 Å². The monoisotopic (exact) mass is 369 g/mol. The lowest BCUT2D eigenvalue weighted by molar-refractivity contribution is 0.299. The van der Waals surface area contributed by atoms with E-state index in [1.165, 1.54) is 0 Å². The predicted molar refractivity (Wildman–Crippen MR) is 104 cm³/mol. The van der Waals surface area contributed by atoms with Crippen LogP contribution in [-0.4, -0.2) is 45.1 Å². The summed E-state index contributed by atoms with van der Waals surface area (Å²) in [7, 11) is 6.40. The molecule has 27 heavy (non-hydrogen) atoms. The summed E-state index contributed by atoms with van der Waals surface area (Å²) in [5.41, 5.74) is 2.60. The van der Waals surface area contributed by atoms with E-state index < -0.39 is 0 Å². The number of ether oxygens (including phenoxy) is 4. The summed E-state index contributed by atoms with van der Waals surface area (Å²) in [6.45, 7) is 0.0289. The minimum Gasteiger partial charge on any atom is -0.493 e. The Kier molecular flexibility index (Phi) is 5.66. The average molecular weight is 369 g/mol. The van der Waals surface area contributed by atoms with Crippen molar-refractivity contribution in [2.75, 3.05) is 35.0 Å². The van der Waals surface area contributed by atoms with Crippen LogP contribution in [0.3, 0.4) is 0 Å². The molecule has 0 aliphatic heterocycles. The predicted octanol–water partition coefficient (Wildman–Crippen LogP) is 3.47. The molecule has 0 aliphatic rings. The number of aliphatic hydroxyl groups excluding tert-OH is 1. The molecule has 6 nitrogen and oxygen atoms in total. The number of methoxy groups -OCH3 is 4. The standard InChI is InChI=1S/C21H23NO5/c1-24-18-6-5-13-9-17(22-12-16(13)21(18)27-4)15-11-20(26-3)19(25-2)10-14(15)7-8-23/h5-6,9-12,23H,7-8H2,1-4H3. The van der Waals surface area contributed by atoms with Gasteiger partial charge in [0, 0.05) is 23.8 Å². The molecule has 0 saturated carbocycles. The fourth-order valence-corrected chi connectivity index (χ4v) is 3.18. The van der Waals surface area contributed by atoms with Crippen LogP contribution in [0.2, 0.25) is 0 Å². The van der Waals surface area contributed by atoms with Gasteiger partial charge >= 0.3 is 0 Å². The fraction of sp³-hybridized carbons (Fsp3) is 0.286. The van der Waals surface area contributed by atoms with Gasteiger partial charge in [-0.1, -0.05) is 6.07 Å². The summed E-state index contributed by atoms with van der Waals surface area (Å²) in [5, 5.41) is 11.3. The molecule has 142 valence electrons. The summed E-state index contributed by atoms with van der Waals surface area (Å²) in [4.78, 5) is 4.62. The Morgan fingerprint density at radius 1 is 0.852 bits per heavy atom. The van der Waals surface area contributed by atoms with Crippen LogP contribution in [0.4, 0.5) is 0 Å². The van der Waals surface area contributed by atoms with Crippen molar-refractivity contribution in [1.29, 1.82) is 0 Å². The van der Waals surface area contributed by atoms with Crippen LogP contribution >= 0.6 is 0 Å². The van der Waals surface area contributed by atoms with Gasteiger partial charge in [-0.05, 0) is 41.6 Å². The molecule has 3 rings (SSSR count). The van der Waals surface area contributed by atoms with Crippen molar-refractivity contribution >= 4 is 10.8 Å². The number of hydrogen-bond acceptors (Lipinski definition) is 6. The summed E-state index contributed by atoms with van der Waals surface area (Å²) < 4.78 is 21.7. The molecule has 0 radical (unpaired) electrons. The molecule has 0 spiro atoms. The van der Waals surface area contributed by atoms with Gasteiger partial charge in [0.25, 0.3) is 0 Å². The van der Waals surface area contributed by atoms with Crippen molar-refractivity contribution < 1.29 is 24.1 Å². The lowest BCUT2D eigenvalue weighted by Gasteiger charge is -2.15. The van der Waals surface area contributed by atoms with E-state index >= 15 is 0 Å². The number of pyridine rings is 1. The first kappa shape index (κ1) is 18.8. The minimum absolute atomic E-state index is 0.0289. The quantitative estimate of drug-likeness (QED) is 0.688. The Balaban J connectivity index is 2.19. The summed E-state index contributed by atoms with van der Waals surface area (Å²) in [6.07, 6.45) is 2.26. The Morgan fingerprint density at radius 2 is 1.56 bits per heavy atom. The molecule has 0 bridgehead atoms. The summed E-state index contributed by atoms with van der Waals surface area (Å²) in [5.74, 6) is 2.55. The van der Waals surface area contributed by atoms with Crippen LogP contribution in [0.25, 0.3) is 22.0 Å². The van der Waals surface area contributed by atoms with Crippen molar-refractivity contribution in [1.82, 2.24) is 4.98 Å². The van der Waals surface area contributed by atoms with Gasteiger partial charge in [-0.2, -0.15) is 0 Å². The van der Waals surface area contributed by atoms with Crippen LogP contribution < -0.4 is 18.9 Å². The second-order valence-corrected chi connectivity index (χ2v) is 5.93. The zero-order valence-electron chi connectivity index (χ0n) is 15.9. The van der Waals surface area contributed by atoms with Gasteiger partial charge in [-0.15, -0.1) is 0 Å². The van der Waals surface area contributed by atoms with Crippen LogP contribution in [-0.2, 0) is 6.42 Å². The zero-order valence-corrected chi connectivity index (χ0v) is 15.9. The molecule has 0 atom stereocenters. The first-order chi connectivity index (χ1) is 13.2. The van der Waals surface area contributed by atoms with E-state index in [2.05, 4.69) is 4.98 Å². The van der Waals surface area contributed by atoms with E-state index in [1.807, 2.05) is 30.3 Å². The number of nitrogens with zero attached hydrogens (tertiary/aromatic N) is 1. The highest BCUT2D eigenvalue weighted by Crippen LogP contribution is 2.39. The third-order valence-corrected chi connectivity index (χ3v) is 4.51. The highest BCUT2D eigenvalue weighted by molar-refractivity contribution is 5.92. The number of benzene rings is 2. The topological polar surface area (TPSA) is 70.0 Å². The molecular formula is C21H23NO5. The Labute approximate surface area is 158 Å². The number of aromatic nitrogens is 1. The average Bonchev–Trinajstić information content (AvgIpc) is 2.72. The fourth-order valence-electron chi connectivity index (χ4n) is 3.18. The molecular weight excluding hydrogens is 346 g/mol. The second kappa shape index (κ2) is 8.14. The van der Waals surface area contributed by atoms with Crippen molar-refractivity contribution in [3.05, 3.63) is 42.1 Å². The van der Waals surface area contributed by atoms with Gasteiger partial charge < -0.3 is 24.1 Å². The minimum atomic E-state index is 0.0289. The number of hydrogen-bond donors (Lipinski definition) is 1. The number of rotatable bonds is 7. The molecule has 1 N–H and O–H groups in total. The smallest absolute Gasteiger partial charge is 0.170 e. The molecule has 3 aromatic rings. The second-order valence-electron chi connectivity index (χ2n) is 5.93. The lowest BCUT2D eigenvalue weighted by atomic mass is 9.99. The molecule has 0 unspecified atom stereocenters. The summed E-state index contributed by atoms with van der Waals surface area (Å²) in [6, 6.07) is 9.59. The van der Waals surface area contributed by atoms with Gasteiger partial charge in [0.2, 0.25) is 0 Å². The van der Waals surface area contributed by atoms with E-state index in [4.69, 9.17) is 18.9 Å². The maximum absolute atomic E-state index is 9.46. The molecule has 0 amide bonds. The molecule has 2 aromatic carbocycles. The van der Waals surface area contributed by atoms with Crippen molar-refractivity contribution in [3.8, 4) is 34.3 Å². The van der Waals surface area contributed by atoms with E-state index in [1.54, 1.807) is 34.6 Å². The molecule has 0 aliphatic carbocycles. The Morgan fingerprint density at radius 3 is 2.19 bits per heavy atom. The van der Waals surface area contributed by atoms with E-state index in [9.17, 15) is 5.11 Å². The third-order valence-electron chi connectivity index (χ3n) is 4.51. The van der Waals surface area contributed by atoms with Crippen molar-refractivity contribution in [3.63, 3.8) is 0 Å². The summed E-state index contributed by atoms with van der Waals surface area (Å²) >= 11 is 0. The van der Waals surface area contributed by atoms with E-state index in [-0.39, 0.29) is 6.61 Å². The number of fused-ring (bicyclic) bond motifs is 1. The Bertz CT molecular complexity index is 955. The lowest BCUT2D eigenvalue weighted by Crippen LogP contribution is -2.00. The molecule has 6 heteroatoms. The van der Waals surface area contributed by atoms with Gasteiger partial charge in [0.1, 0.15) is 0 Å². The molecule has 0 fully saturated rings. The Hall–Kier alpha value is -2.99. The maximum atomic E-state index is 9.46. The largest absolute Gasteiger partial charge is 0.493 e. The SMILES string of the molecule is COc1cc(CCO)c(-c2cc3ccc(OC)c(OC)c3cn2)cc1OC. The molecule has 0 saturated heterocycles. The van der Waals surface area contributed by atoms with Crippen LogP contribution in [0.1, 0.15) is 5.56 Å². The van der Waals surface area contributed by atoms with E-state index in [0.29, 0.717) is 29.4 Å². The highest BCUT2D eigenvalue weighted by atomic mass is 16.5. The van der Waals surface area contributed by atoms with Crippen LogP contribution in [0, 0.1) is 0 Å². The normalized spacial score (nSPS) is 10.7. The van der Waals surface area contributed by atoms with Gasteiger partial charge in [-0.3, -0.25) is 4.98 Å². The molecule has 1 aromatic heterocycles. The molecule has 1 heterocycles. The van der Waals surface area contributed by atoms with Crippen LogP contribution in [0.5, 0.6) is 23.0 Å². The van der Waals surface area contributed by atoms with Crippen molar-refractivity contribution in [2.24, 2.45) is 0 Å². The maximum Gasteiger partial charge on any atom is 0.170 e. The first-order valence-corrected chi connectivity index (χ1v) is 8.53. The van der Waals surface area contributed by atoms with Crippen LogP contribution in [0.15, 0.2) is 36.5 Å². The van der Waals surface area contributed by atoms with Gasteiger partial charge in [0.15, 0.2) is 23.0 Å². The first-order valence-electron chi connectivity index (χ1n) is 8.53.